The summed E-state index contributed by atoms with van der Waals surface area (Å²) in [6.45, 7) is 1.67. The third kappa shape index (κ3) is 4.74. The first-order chi connectivity index (χ1) is 13.4. The molecule has 6 N–H and O–H groups in total. The van der Waals surface area contributed by atoms with Crippen molar-refractivity contribution >= 4 is 34.8 Å². The molecule has 3 rings (SSSR count). The van der Waals surface area contributed by atoms with Crippen LogP contribution in [0.5, 0.6) is 0 Å². The van der Waals surface area contributed by atoms with Crippen LogP contribution >= 0.6 is 11.8 Å². The molecule has 1 aliphatic heterocycles. The number of ether oxygens (including phenoxy) is 2. The van der Waals surface area contributed by atoms with Crippen LogP contribution < -0.4 is 5.32 Å². The molecule has 1 fully saturated rings. The summed E-state index contributed by atoms with van der Waals surface area (Å²) in [7, 11) is 0. The zero-order chi connectivity index (χ0) is 20.3. The quantitative estimate of drug-likeness (QED) is 0.369. The summed E-state index contributed by atoms with van der Waals surface area (Å²) >= 11 is 1.73. The van der Waals surface area contributed by atoms with Gasteiger partial charge in [0.15, 0.2) is 6.29 Å². The Morgan fingerprint density at radius 3 is 2.82 bits per heavy atom. The van der Waals surface area contributed by atoms with Gasteiger partial charge in [0.2, 0.25) is 5.95 Å². The van der Waals surface area contributed by atoms with E-state index in [0.717, 1.165) is 22.6 Å². The molecule has 28 heavy (non-hydrogen) atoms. The number of hydrogen-bond acceptors (Lipinski definition) is 9. The molecule has 2 aromatic rings. The number of imidazole rings is 1. The molecule has 0 saturated carbocycles. The van der Waals surface area contributed by atoms with E-state index < -0.39 is 43.4 Å². The van der Waals surface area contributed by atoms with Crippen molar-refractivity contribution in [2.24, 2.45) is 0 Å². The van der Waals surface area contributed by atoms with Crippen LogP contribution in [0.1, 0.15) is 13.3 Å². The molecule has 1 aromatic carbocycles. The number of rotatable bonds is 6. The van der Waals surface area contributed by atoms with Crippen molar-refractivity contribution in [3.05, 3.63) is 18.2 Å². The van der Waals surface area contributed by atoms with Gasteiger partial charge in [-0.05, 0) is 30.4 Å². The van der Waals surface area contributed by atoms with E-state index in [0.29, 0.717) is 5.52 Å². The predicted molar refractivity (Wildman–Crippen MR) is 101 cm³/mol. The summed E-state index contributed by atoms with van der Waals surface area (Å²) in [5.41, 5.74) is 1.45. The Morgan fingerprint density at radius 1 is 1.29 bits per heavy atom. The molecular formula is C17H23N3O7S. The zero-order valence-corrected chi connectivity index (χ0v) is 15.9. The van der Waals surface area contributed by atoms with E-state index in [-0.39, 0.29) is 5.95 Å². The van der Waals surface area contributed by atoms with E-state index in [1.165, 1.54) is 0 Å². The number of fused-ring (bicyclic) bond motifs is 1. The third-order valence-corrected chi connectivity index (χ3v) is 5.41. The van der Waals surface area contributed by atoms with Gasteiger partial charge in [0.05, 0.1) is 11.0 Å². The molecule has 5 unspecified atom stereocenters. The molecule has 5 atom stereocenters. The zero-order valence-electron chi connectivity index (χ0n) is 15.1. The molecule has 154 valence electrons. The lowest BCUT2D eigenvalue weighted by molar-refractivity contribution is -0.286. The van der Waals surface area contributed by atoms with Crippen LogP contribution in [-0.4, -0.2) is 79.6 Å². The molecule has 0 spiro atoms. The summed E-state index contributed by atoms with van der Waals surface area (Å²) in [6, 6.07) is 5.75. The van der Waals surface area contributed by atoms with Crippen LogP contribution in [0.25, 0.3) is 11.0 Å². The van der Waals surface area contributed by atoms with Crippen molar-refractivity contribution in [3.63, 3.8) is 0 Å². The number of carbonyl (C=O) groups is 1. The van der Waals surface area contributed by atoms with Crippen molar-refractivity contribution in [2.45, 2.75) is 48.9 Å². The molecule has 1 aliphatic rings. The highest BCUT2D eigenvalue weighted by Crippen LogP contribution is 2.24. The second kappa shape index (κ2) is 9.07. The number of H-pyrrole nitrogens is 1. The average molecular weight is 413 g/mol. The molecule has 0 bridgehead atoms. The van der Waals surface area contributed by atoms with E-state index in [1.807, 2.05) is 18.2 Å². The number of aliphatic hydroxyl groups is 4. The number of thioether (sulfide) groups is 1. The fourth-order valence-electron chi connectivity index (χ4n) is 2.72. The van der Waals surface area contributed by atoms with Crippen LogP contribution in [0.15, 0.2) is 23.1 Å². The van der Waals surface area contributed by atoms with Crippen LogP contribution in [0.3, 0.4) is 0 Å². The normalized spacial score (nSPS) is 27.7. The summed E-state index contributed by atoms with van der Waals surface area (Å²) in [6.07, 6.45) is -7.44. The largest absolute Gasteiger partial charge is 0.446 e. The minimum atomic E-state index is -1.69. The highest BCUT2D eigenvalue weighted by molar-refractivity contribution is 7.99. The first-order valence-corrected chi connectivity index (χ1v) is 9.81. The Labute approximate surface area is 164 Å². The Morgan fingerprint density at radius 2 is 2.07 bits per heavy atom. The van der Waals surface area contributed by atoms with Gasteiger partial charge in [-0.25, -0.2) is 9.78 Å². The number of amides is 1. The number of benzene rings is 1. The lowest BCUT2D eigenvalue weighted by Crippen LogP contribution is -2.58. The van der Waals surface area contributed by atoms with Crippen LogP contribution in [0.4, 0.5) is 10.7 Å². The number of aromatic nitrogens is 2. The van der Waals surface area contributed by atoms with Crippen LogP contribution in [-0.2, 0) is 9.47 Å². The molecule has 2 heterocycles. The highest BCUT2D eigenvalue weighted by atomic mass is 32.2. The Kier molecular flexibility index (Phi) is 6.75. The van der Waals surface area contributed by atoms with E-state index in [2.05, 4.69) is 22.2 Å². The van der Waals surface area contributed by atoms with Gasteiger partial charge in [-0.3, -0.25) is 5.32 Å². The van der Waals surface area contributed by atoms with Crippen LogP contribution in [0, 0.1) is 0 Å². The Balaban J connectivity index is 1.56. The molecular weight excluding hydrogens is 390 g/mol. The maximum Gasteiger partial charge on any atom is 0.414 e. The molecule has 0 radical (unpaired) electrons. The van der Waals surface area contributed by atoms with Gasteiger partial charge < -0.3 is 34.9 Å². The maximum atomic E-state index is 12.0. The molecule has 1 saturated heterocycles. The number of anilines is 1. The fraction of sp³-hybridized carbons (Fsp3) is 0.529. The molecule has 10 nitrogen and oxygen atoms in total. The molecule has 1 amide bonds. The number of carbonyl (C=O) groups excluding carboxylic acids is 1. The minimum Gasteiger partial charge on any atom is -0.446 e. The smallest absolute Gasteiger partial charge is 0.414 e. The van der Waals surface area contributed by atoms with Crippen LogP contribution in [0.2, 0.25) is 0 Å². The first-order valence-electron chi connectivity index (χ1n) is 8.83. The molecule has 0 aliphatic carbocycles. The molecule has 1 aromatic heterocycles. The van der Waals surface area contributed by atoms with Crippen molar-refractivity contribution in [3.8, 4) is 0 Å². The Bertz CT molecular complexity index is 817. The fourth-order valence-corrected chi connectivity index (χ4v) is 3.52. The summed E-state index contributed by atoms with van der Waals surface area (Å²) in [5, 5.41) is 40.8. The van der Waals surface area contributed by atoms with Gasteiger partial charge in [0.25, 0.3) is 0 Å². The second-order valence-electron chi connectivity index (χ2n) is 6.37. The monoisotopic (exact) mass is 413 g/mol. The second-order valence-corrected chi connectivity index (χ2v) is 7.54. The standard InChI is InChI=1S/C17H23N3O7S/c1-2-5-28-8-3-4-9-10(6-8)19-16(18-9)20-17(25)26-7-11-12(21)13(22)14(23)15(24)27-11/h3-4,6,11-15,21-24H,2,5,7H2,1H3,(H2,18,19,20,25). The van der Waals surface area contributed by atoms with Gasteiger partial charge in [0.1, 0.15) is 31.0 Å². The van der Waals surface area contributed by atoms with Gasteiger partial charge in [-0.15, -0.1) is 11.8 Å². The molecule has 11 heteroatoms. The summed E-state index contributed by atoms with van der Waals surface area (Å²) in [5.74, 6) is 1.20. The topological polar surface area (TPSA) is 157 Å². The van der Waals surface area contributed by atoms with E-state index >= 15 is 0 Å². The number of aliphatic hydroxyl groups excluding tert-OH is 4. The van der Waals surface area contributed by atoms with Crippen molar-refractivity contribution in [1.29, 1.82) is 0 Å². The summed E-state index contributed by atoms with van der Waals surface area (Å²) in [4.78, 5) is 20.3. The number of nitrogens with zero attached hydrogens (tertiary/aromatic N) is 1. The lowest BCUT2D eigenvalue weighted by atomic mass is 9.99. The van der Waals surface area contributed by atoms with Gasteiger partial charge in [0, 0.05) is 4.90 Å². The Hall–Kier alpha value is -1.89. The predicted octanol–water partition coefficient (Wildman–Crippen LogP) is 0.413. The lowest BCUT2D eigenvalue weighted by Gasteiger charge is -2.37. The van der Waals surface area contributed by atoms with E-state index in [9.17, 15) is 25.2 Å². The van der Waals surface area contributed by atoms with Crippen molar-refractivity contribution in [1.82, 2.24) is 9.97 Å². The van der Waals surface area contributed by atoms with Crippen molar-refractivity contribution in [2.75, 3.05) is 17.7 Å². The minimum absolute atomic E-state index is 0.193. The highest BCUT2D eigenvalue weighted by Gasteiger charge is 2.43. The maximum absolute atomic E-state index is 12.0. The van der Waals surface area contributed by atoms with Gasteiger partial charge in [-0.1, -0.05) is 6.92 Å². The van der Waals surface area contributed by atoms with E-state index in [1.54, 1.807) is 11.8 Å². The SMILES string of the molecule is CCCSc1ccc2nc(NC(=O)OCC3OC(O)C(O)C(O)C3O)[nH]c2c1. The summed E-state index contributed by atoms with van der Waals surface area (Å²) < 4.78 is 9.90. The number of nitrogens with one attached hydrogen (secondary N) is 2. The average Bonchev–Trinajstić information content (AvgIpc) is 3.07. The van der Waals surface area contributed by atoms with Gasteiger partial charge >= 0.3 is 6.09 Å². The van der Waals surface area contributed by atoms with E-state index in [4.69, 9.17) is 9.47 Å². The number of hydrogen-bond donors (Lipinski definition) is 6. The number of aromatic amines is 1. The first kappa shape index (κ1) is 20.8. The van der Waals surface area contributed by atoms with Crippen molar-refractivity contribution < 1.29 is 34.7 Å². The third-order valence-electron chi connectivity index (χ3n) is 4.21. The van der Waals surface area contributed by atoms with Gasteiger partial charge in [-0.2, -0.15) is 0 Å².